The van der Waals surface area contributed by atoms with E-state index in [1.54, 1.807) is 0 Å². The summed E-state index contributed by atoms with van der Waals surface area (Å²) in [5.41, 5.74) is 4.31. The molecule has 0 heterocycles. The van der Waals surface area contributed by atoms with Gasteiger partial charge >= 0.3 is 0 Å². The minimum absolute atomic E-state index is 0.210. The molecule has 0 aliphatic heterocycles. The van der Waals surface area contributed by atoms with Crippen LogP contribution in [0.5, 0.6) is 0 Å². The van der Waals surface area contributed by atoms with Crippen molar-refractivity contribution in [3.63, 3.8) is 0 Å². The minimum Gasteiger partial charge on any atom is -0.311 e. The second-order valence-corrected chi connectivity index (χ2v) is 5.77. The average molecular weight is 234 g/mol. The predicted molar refractivity (Wildman–Crippen MR) is 75.4 cm³/mol. The maximum absolute atomic E-state index is 3.47. The number of nitrogens with one attached hydrogen (secondary N) is 2. The van der Waals surface area contributed by atoms with Crippen molar-refractivity contribution in [2.45, 2.75) is 46.7 Å². The molecule has 1 aromatic rings. The first-order chi connectivity index (χ1) is 7.88. The maximum Gasteiger partial charge on any atom is 0.0206 e. The third kappa shape index (κ3) is 5.85. The Morgan fingerprint density at radius 3 is 2.29 bits per heavy atom. The summed E-state index contributed by atoms with van der Waals surface area (Å²) in [6.45, 7) is 13.9. The number of hydrogen-bond donors (Lipinski definition) is 2. The SMILES string of the molecule is Cc1ccc(CNCCNC(C)(C)C)cc1C. The van der Waals surface area contributed by atoms with E-state index in [1.165, 1.54) is 16.7 Å². The largest absolute Gasteiger partial charge is 0.311 e. The van der Waals surface area contributed by atoms with E-state index < -0.39 is 0 Å². The van der Waals surface area contributed by atoms with Gasteiger partial charge in [-0.15, -0.1) is 0 Å². The van der Waals surface area contributed by atoms with E-state index in [2.05, 4.69) is 63.5 Å². The van der Waals surface area contributed by atoms with Crippen molar-refractivity contribution in [1.29, 1.82) is 0 Å². The first-order valence-electron chi connectivity index (χ1n) is 6.40. The lowest BCUT2D eigenvalue weighted by Crippen LogP contribution is -2.40. The molecule has 0 aliphatic carbocycles. The summed E-state index contributed by atoms with van der Waals surface area (Å²) < 4.78 is 0. The molecule has 0 spiro atoms. The summed E-state index contributed by atoms with van der Waals surface area (Å²) in [7, 11) is 0. The van der Waals surface area contributed by atoms with Crippen molar-refractivity contribution >= 4 is 0 Å². The summed E-state index contributed by atoms with van der Waals surface area (Å²) in [5.74, 6) is 0. The quantitative estimate of drug-likeness (QED) is 0.766. The van der Waals surface area contributed by atoms with Crippen molar-refractivity contribution in [1.82, 2.24) is 10.6 Å². The van der Waals surface area contributed by atoms with Crippen LogP contribution in [0, 0.1) is 13.8 Å². The molecule has 2 N–H and O–H groups in total. The highest BCUT2D eigenvalue weighted by Gasteiger charge is 2.06. The number of hydrogen-bond acceptors (Lipinski definition) is 2. The van der Waals surface area contributed by atoms with Gasteiger partial charge in [0.05, 0.1) is 0 Å². The van der Waals surface area contributed by atoms with Crippen LogP contribution < -0.4 is 10.6 Å². The Bertz CT molecular complexity index is 350. The second-order valence-electron chi connectivity index (χ2n) is 5.77. The second kappa shape index (κ2) is 6.18. The minimum atomic E-state index is 0.210. The molecule has 0 radical (unpaired) electrons. The summed E-state index contributed by atoms with van der Waals surface area (Å²) in [4.78, 5) is 0. The van der Waals surface area contributed by atoms with Crippen LogP contribution in [0.2, 0.25) is 0 Å². The first-order valence-corrected chi connectivity index (χ1v) is 6.40. The normalized spacial score (nSPS) is 11.8. The topological polar surface area (TPSA) is 24.1 Å². The zero-order valence-electron chi connectivity index (χ0n) is 11.9. The van der Waals surface area contributed by atoms with Gasteiger partial charge in [-0.05, 0) is 51.3 Å². The molecule has 0 aromatic heterocycles. The lowest BCUT2D eigenvalue weighted by molar-refractivity contribution is 0.421. The molecular weight excluding hydrogens is 208 g/mol. The molecule has 2 nitrogen and oxygen atoms in total. The van der Waals surface area contributed by atoms with Crippen molar-refractivity contribution in [3.8, 4) is 0 Å². The van der Waals surface area contributed by atoms with Crippen LogP contribution in [0.25, 0.3) is 0 Å². The van der Waals surface area contributed by atoms with E-state index in [0.29, 0.717) is 0 Å². The van der Waals surface area contributed by atoms with Gasteiger partial charge in [0.2, 0.25) is 0 Å². The van der Waals surface area contributed by atoms with Gasteiger partial charge in [-0.3, -0.25) is 0 Å². The highest BCUT2D eigenvalue weighted by atomic mass is 15.0. The van der Waals surface area contributed by atoms with E-state index in [1.807, 2.05) is 0 Å². The molecule has 0 aliphatic rings. The van der Waals surface area contributed by atoms with Crippen LogP contribution in [0.4, 0.5) is 0 Å². The van der Waals surface area contributed by atoms with Gasteiger partial charge in [0.1, 0.15) is 0 Å². The van der Waals surface area contributed by atoms with Gasteiger partial charge in [-0.1, -0.05) is 18.2 Å². The smallest absolute Gasteiger partial charge is 0.0206 e. The molecule has 0 saturated carbocycles. The van der Waals surface area contributed by atoms with E-state index in [-0.39, 0.29) is 5.54 Å². The first kappa shape index (κ1) is 14.2. The van der Waals surface area contributed by atoms with E-state index in [4.69, 9.17) is 0 Å². The number of rotatable bonds is 5. The molecule has 96 valence electrons. The molecular formula is C15H26N2. The highest BCUT2D eigenvalue weighted by Crippen LogP contribution is 2.09. The molecule has 0 amide bonds. The van der Waals surface area contributed by atoms with Gasteiger partial charge in [0, 0.05) is 25.2 Å². The zero-order chi connectivity index (χ0) is 12.9. The highest BCUT2D eigenvalue weighted by molar-refractivity contribution is 5.29. The number of benzene rings is 1. The molecule has 0 unspecified atom stereocenters. The Morgan fingerprint density at radius 2 is 1.71 bits per heavy atom. The molecule has 0 saturated heterocycles. The van der Waals surface area contributed by atoms with Crippen molar-refractivity contribution in [3.05, 3.63) is 34.9 Å². The molecule has 0 atom stereocenters. The van der Waals surface area contributed by atoms with Crippen LogP contribution in [0.1, 0.15) is 37.5 Å². The molecule has 0 fully saturated rings. The summed E-state index contributed by atoms with van der Waals surface area (Å²) >= 11 is 0. The van der Waals surface area contributed by atoms with Gasteiger partial charge in [0.25, 0.3) is 0 Å². The molecule has 0 bridgehead atoms. The van der Waals surface area contributed by atoms with Crippen LogP contribution in [0.3, 0.4) is 0 Å². The molecule has 1 aromatic carbocycles. The van der Waals surface area contributed by atoms with Gasteiger partial charge in [-0.2, -0.15) is 0 Å². The Kier molecular flexibility index (Phi) is 5.16. The van der Waals surface area contributed by atoms with E-state index >= 15 is 0 Å². The Morgan fingerprint density at radius 1 is 1.00 bits per heavy atom. The van der Waals surface area contributed by atoms with Crippen LogP contribution >= 0.6 is 0 Å². The fourth-order valence-electron chi connectivity index (χ4n) is 1.67. The van der Waals surface area contributed by atoms with Crippen molar-refractivity contribution in [2.75, 3.05) is 13.1 Å². The van der Waals surface area contributed by atoms with Crippen LogP contribution in [-0.2, 0) is 6.54 Å². The molecule has 1 rings (SSSR count). The van der Waals surface area contributed by atoms with Gasteiger partial charge in [-0.25, -0.2) is 0 Å². The Balaban J connectivity index is 2.25. The fourth-order valence-corrected chi connectivity index (χ4v) is 1.67. The molecule has 17 heavy (non-hydrogen) atoms. The van der Waals surface area contributed by atoms with Gasteiger partial charge < -0.3 is 10.6 Å². The third-order valence-corrected chi connectivity index (χ3v) is 2.86. The zero-order valence-corrected chi connectivity index (χ0v) is 11.9. The predicted octanol–water partition coefficient (Wildman–Crippen LogP) is 2.78. The summed E-state index contributed by atoms with van der Waals surface area (Å²) in [5, 5.41) is 6.92. The Labute approximate surface area is 106 Å². The summed E-state index contributed by atoms with van der Waals surface area (Å²) in [6.07, 6.45) is 0. The van der Waals surface area contributed by atoms with Crippen molar-refractivity contribution in [2.24, 2.45) is 0 Å². The van der Waals surface area contributed by atoms with E-state index in [9.17, 15) is 0 Å². The number of aryl methyl sites for hydroxylation is 2. The lowest BCUT2D eigenvalue weighted by Gasteiger charge is -2.20. The Hall–Kier alpha value is -0.860. The van der Waals surface area contributed by atoms with Crippen molar-refractivity contribution < 1.29 is 0 Å². The standard InChI is InChI=1S/C15H26N2/c1-12-6-7-14(10-13(12)2)11-16-8-9-17-15(3,4)5/h6-7,10,16-17H,8-9,11H2,1-5H3. The van der Waals surface area contributed by atoms with Crippen LogP contribution in [0.15, 0.2) is 18.2 Å². The molecule has 2 heteroatoms. The summed E-state index contributed by atoms with van der Waals surface area (Å²) in [6, 6.07) is 6.66. The average Bonchev–Trinajstić information content (AvgIpc) is 2.21. The van der Waals surface area contributed by atoms with E-state index in [0.717, 1.165) is 19.6 Å². The monoisotopic (exact) mass is 234 g/mol. The maximum atomic E-state index is 3.47. The van der Waals surface area contributed by atoms with Crippen LogP contribution in [-0.4, -0.2) is 18.6 Å². The third-order valence-electron chi connectivity index (χ3n) is 2.86. The lowest BCUT2D eigenvalue weighted by atomic mass is 10.1. The fraction of sp³-hybridized carbons (Fsp3) is 0.600. The van der Waals surface area contributed by atoms with Gasteiger partial charge in [0.15, 0.2) is 0 Å².